The minimum absolute atomic E-state index is 0.531. The van der Waals surface area contributed by atoms with E-state index in [0.29, 0.717) is 6.04 Å². The van der Waals surface area contributed by atoms with Crippen LogP contribution in [0.5, 0.6) is 0 Å². The highest BCUT2D eigenvalue weighted by atomic mass is 15.2. The molecule has 1 aliphatic carbocycles. The maximum atomic E-state index is 9.38. The summed E-state index contributed by atoms with van der Waals surface area (Å²) in [6.07, 6.45) is 7.71. The van der Waals surface area contributed by atoms with E-state index < -0.39 is 0 Å². The summed E-state index contributed by atoms with van der Waals surface area (Å²) in [7, 11) is 2.10. The number of nitriles is 1. The summed E-state index contributed by atoms with van der Waals surface area (Å²) < 4.78 is 0. The quantitative estimate of drug-likeness (QED) is 0.758. The number of pyridine rings is 1. The van der Waals surface area contributed by atoms with Gasteiger partial charge in [-0.1, -0.05) is 25.7 Å². The van der Waals surface area contributed by atoms with Gasteiger partial charge in [-0.2, -0.15) is 5.26 Å². The molecule has 0 atom stereocenters. The second-order valence-electron chi connectivity index (χ2n) is 5.65. The molecule has 0 saturated heterocycles. The molecule has 0 N–H and O–H groups in total. The zero-order chi connectivity index (χ0) is 13.8. The van der Waals surface area contributed by atoms with E-state index in [2.05, 4.69) is 23.0 Å². The summed E-state index contributed by atoms with van der Waals surface area (Å²) in [5.41, 5.74) is 2.76. The second kappa shape index (κ2) is 6.06. The Morgan fingerprint density at radius 3 is 2.42 bits per heavy atom. The predicted molar refractivity (Wildman–Crippen MR) is 78.3 cm³/mol. The van der Waals surface area contributed by atoms with Gasteiger partial charge < -0.3 is 4.90 Å². The minimum Gasteiger partial charge on any atom is -0.356 e. The zero-order valence-electron chi connectivity index (χ0n) is 12.2. The molecule has 1 saturated carbocycles. The van der Waals surface area contributed by atoms with Gasteiger partial charge in [0, 0.05) is 18.8 Å². The average Bonchev–Trinajstić information content (AvgIpc) is 2.66. The van der Waals surface area contributed by atoms with Crippen LogP contribution in [-0.4, -0.2) is 18.1 Å². The Bertz CT molecular complexity index is 480. The van der Waals surface area contributed by atoms with Crippen molar-refractivity contribution in [3.63, 3.8) is 0 Å². The highest BCUT2D eigenvalue weighted by Crippen LogP contribution is 2.28. The summed E-state index contributed by atoms with van der Waals surface area (Å²) in [6, 6.07) is 4.84. The first-order valence-corrected chi connectivity index (χ1v) is 7.24. The van der Waals surface area contributed by atoms with Gasteiger partial charge in [0.25, 0.3) is 0 Å². The van der Waals surface area contributed by atoms with Crippen molar-refractivity contribution in [2.24, 2.45) is 0 Å². The molecular weight excluding hydrogens is 234 g/mol. The van der Waals surface area contributed by atoms with Crippen molar-refractivity contribution in [1.82, 2.24) is 4.98 Å². The third-order valence-electron chi connectivity index (χ3n) is 4.14. The lowest BCUT2D eigenvalue weighted by Crippen LogP contribution is -2.32. The number of anilines is 1. The van der Waals surface area contributed by atoms with Gasteiger partial charge in [0.15, 0.2) is 0 Å². The minimum atomic E-state index is 0.531. The van der Waals surface area contributed by atoms with Crippen molar-refractivity contribution >= 4 is 5.82 Å². The largest absolute Gasteiger partial charge is 0.356 e. The lowest BCUT2D eigenvalue weighted by atomic mass is 10.1. The van der Waals surface area contributed by atoms with Crippen LogP contribution in [-0.2, 0) is 0 Å². The second-order valence-corrected chi connectivity index (χ2v) is 5.65. The summed E-state index contributed by atoms with van der Waals surface area (Å²) in [5, 5.41) is 9.38. The molecule has 0 aromatic carbocycles. The van der Waals surface area contributed by atoms with Crippen molar-refractivity contribution < 1.29 is 0 Å². The molecule has 1 aromatic heterocycles. The number of rotatable bonds is 2. The van der Waals surface area contributed by atoms with Gasteiger partial charge in [-0.25, -0.2) is 4.98 Å². The Morgan fingerprint density at radius 2 is 1.84 bits per heavy atom. The number of aryl methyl sites for hydroxylation is 2. The summed E-state index contributed by atoms with van der Waals surface area (Å²) in [4.78, 5) is 6.85. The molecule has 0 unspecified atom stereocenters. The molecule has 102 valence electrons. The molecule has 0 aliphatic heterocycles. The molecule has 0 spiro atoms. The summed E-state index contributed by atoms with van der Waals surface area (Å²) in [5.74, 6) is 0.868. The molecule has 0 radical (unpaired) electrons. The van der Waals surface area contributed by atoms with E-state index in [4.69, 9.17) is 0 Å². The fraction of sp³-hybridized carbons (Fsp3) is 0.625. The molecule has 1 heterocycles. The Balaban J connectivity index is 2.32. The first kappa shape index (κ1) is 13.9. The SMILES string of the molecule is Cc1cc(C)c(C#N)c(N(C)C2CCCCCC2)n1. The number of hydrogen-bond donors (Lipinski definition) is 0. The van der Waals surface area contributed by atoms with Crippen LogP contribution in [0.1, 0.15) is 55.3 Å². The molecular formula is C16H23N3. The van der Waals surface area contributed by atoms with E-state index in [1.807, 2.05) is 19.9 Å². The van der Waals surface area contributed by atoms with Crippen LogP contribution in [0.3, 0.4) is 0 Å². The van der Waals surface area contributed by atoms with Crippen molar-refractivity contribution in [2.45, 2.75) is 58.4 Å². The third-order valence-corrected chi connectivity index (χ3v) is 4.14. The van der Waals surface area contributed by atoms with Crippen molar-refractivity contribution in [1.29, 1.82) is 5.26 Å². The van der Waals surface area contributed by atoms with Crippen LogP contribution in [0, 0.1) is 25.2 Å². The van der Waals surface area contributed by atoms with Gasteiger partial charge >= 0.3 is 0 Å². The van der Waals surface area contributed by atoms with Gasteiger partial charge in [0.05, 0.1) is 5.56 Å². The Hall–Kier alpha value is -1.56. The van der Waals surface area contributed by atoms with Crippen LogP contribution >= 0.6 is 0 Å². The molecule has 1 aromatic rings. The van der Waals surface area contributed by atoms with Crippen molar-refractivity contribution in [3.8, 4) is 6.07 Å². The fourth-order valence-electron chi connectivity index (χ4n) is 3.03. The van der Waals surface area contributed by atoms with Crippen molar-refractivity contribution in [3.05, 3.63) is 22.9 Å². The van der Waals surface area contributed by atoms with Gasteiger partial charge in [-0.05, 0) is 38.3 Å². The maximum Gasteiger partial charge on any atom is 0.147 e. The first-order valence-electron chi connectivity index (χ1n) is 7.24. The molecule has 3 heteroatoms. The highest BCUT2D eigenvalue weighted by molar-refractivity contribution is 5.58. The normalized spacial score (nSPS) is 16.7. The fourth-order valence-corrected chi connectivity index (χ4v) is 3.03. The van der Waals surface area contributed by atoms with Crippen LogP contribution in [0.4, 0.5) is 5.82 Å². The molecule has 1 fully saturated rings. The lowest BCUT2D eigenvalue weighted by molar-refractivity contribution is 0.548. The number of hydrogen-bond acceptors (Lipinski definition) is 3. The standard InChI is InChI=1S/C16H23N3/c1-12-10-13(2)18-16(15(12)11-17)19(3)14-8-6-4-5-7-9-14/h10,14H,4-9H2,1-3H3. The average molecular weight is 257 g/mol. The van der Waals surface area contributed by atoms with Gasteiger partial charge in [0.1, 0.15) is 11.9 Å². The molecule has 0 amide bonds. The van der Waals surface area contributed by atoms with Crippen molar-refractivity contribution in [2.75, 3.05) is 11.9 Å². The van der Waals surface area contributed by atoms with Gasteiger partial charge in [0.2, 0.25) is 0 Å². The van der Waals surface area contributed by atoms with Crippen LogP contribution < -0.4 is 4.90 Å². The predicted octanol–water partition coefficient (Wildman–Crippen LogP) is 3.73. The summed E-state index contributed by atoms with van der Waals surface area (Å²) >= 11 is 0. The van der Waals surface area contributed by atoms with E-state index in [1.54, 1.807) is 0 Å². The molecule has 19 heavy (non-hydrogen) atoms. The van der Waals surface area contributed by atoms with Crippen LogP contribution in [0.25, 0.3) is 0 Å². The topological polar surface area (TPSA) is 39.9 Å². The Morgan fingerprint density at radius 1 is 1.21 bits per heavy atom. The smallest absolute Gasteiger partial charge is 0.147 e. The van der Waals surface area contributed by atoms with Crippen LogP contribution in [0.2, 0.25) is 0 Å². The van der Waals surface area contributed by atoms with E-state index in [9.17, 15) is 5.26 Å². The van der Waals surface area contributed by atoms with E-state index in [0.717, 1.165) is 22.6 Å². The molecule has 0 bridgehead atoms. The number of aromatic nitrogens is 1. The molecule has 1 aliphatic rings. The lowest BCUT2D eigenvalue weighted by Gasteiger charge is -2.29. The maximum absolute atomic E-state index is 9.38. The third kappa shape index (κ3) is 3.07. The Labute approximate surface area is 116 Å². The zero-order valence-corrected chi connectivity index (χ0v) is 12.2. The monoisotopic (exact) mass is 257 g/mol. The van der Waals surface area contributed by atoms with Gasteiger partial charge in [-0.3, -0.25) is 0 Å². The van der Waals surface area contributed by atoms with Gasteiger partial charge in [-0.15, -0.1) is 0 Å². The first-order chi connectivity index (χ1) is 9.13. The number of nitrogens with zero attached hydrogens (tertiary/aromatic N) is 3. The van der Waals surface area contributed by atoms with Crippen LogP contribution in [0.15, 0.2) is 6.07 Å². The molecule has 3 nitrogen and oxygen atoms in total. The van der Waals surface area contributed by atoms with E-state index in [1.165, 1.54) is 38.5 Å². The summed E-state index contributed by atoms with van der Waals surface area (Å²) in [6.45, 7) is 4.00. The Kier molecular flexibility index (Phi) is 4.42. The highest BCUT2D eigenvalue weighted by Gasteiger charge is 2.21. The van der Waals surface area contributed by atoms with E-state index in [-0.39, 0.29) is 0 Å². The van der Waals surface area contributed by atoms with E-state index >= 15 is 0 Å². The molecule has 2 rings (SSSR count).